The maximum absolute atomic E-state index is 5.52. The second kappa shape index (κ2) is 4.44. The van der Waals surface area contributed by atoms with E-state index in [-0.39, 0.29) is 0 Å². The first kappa shape index (κ1) is 8.78. The molecule has 0 aromatic carbocycles. The molecule has 2 rings (SSSR count). The maximum atomic E-state index is 5.52. The summed E-state index contributed by atoms with van der Waals surface area (Å²) < 4.78 is 10.5. The lowest BCUT2D eigenvalue weighted by Gasteiger charge is -2.06. The summed E-state index contributed by atoms with van der Waals surface area (Å²) in [7, 11) is 0. The summed E-state index contributed by atoms with van der Waals surface area (Å²) in [6.07, 6.45) is 6.44. The first-order chi connectivity index (χ1) is 6.45. The molecule has 2 N–H and O–H groups in total. The Balaban J connectivity index is 1.63. The molecule has 1 atom stereocenters. The number of furan rings is 1. The molecule has 0 radical (unpaired) electrons. The van der Waals surface area contributed by atoms with Crippen molar-refractivity contribution >= 4 is 0 Å². The van der Waals surface area contributed by atoms with Gasteiger partial charge in [0.2, 0.25) is 0 Å². The Bertz CT molecular complexity index is 227. The van der Waals surface area contributed by atoms with Crippen molar-refractivity contribution in [1.82, 2.24) is 0 Å². The third-order valence-electron chi connectivity index (χ3n) is 2.41. The summed E-state index contributed by atoms with van der Waals surface area (Å²) >= 11 is 0. The van der Waals surface area contributed by atoms with E-state index in [1.165, 1.54) is 18.4 Å². The van der Waals surface area contributed by atoms with E-state index in [4.69, 9.17) is 9.15 Å². The summed E-state index contributed by atoms with van der Waals surface area (Å²) in [5.74, 6) is 0. The lowest BCUT2D eigenvalue weighted by Crippen LogP contribution is -2.84. The van der Waals surface area contributed by atoms with Crippen LogP contribution in [-0.2, 0) is 11.3 Å². The summed E-state index contributed by atoms with van der Waals surface area (Å²) in [4.78, 5) is 0. The van der Waals surface area contributed by atoms with Crippen LogP contribution in [-0.4, -0.2) is 19.3 Å². The van der Waals surface area contributed by atoms with Gasteiger partial charge in [0.25, 0.3) is 0 Å². The number of nitrogens with two attached hydrogens (primary N) is 1. The van der Waals surface area contributed by atoms with Gasteiger partial charge in [-0.25, -0.2) is 0 Å². The predicted molar refractivity (Wildman–Crippen MR) is 48.2 cm³/mol. The van der Waals surface area contributed by atoms with Crippen LogP contribution in [0.15, 0.2) is 23.0 Å². The minimum absolute atomic E-state index is 0.479. The van der Waals surface area contributed by atoms with Crippen molar-refractivity contribution in [3.05, 3.63) is 24.2 Å². The van der Waals surface area contributed by atoms with Crippen molar-refractivity contribution in [1.29, 1.82) is 0 Å². The van der Waals surface area contributed by atoms with E-state index < -0.39 is 0 Å². The highest BCUT2D eigenvalue weighted by Gasteiger charge is 2.16. The third kappa shape index (κ3) is 2.57. The molecule has 1 aromatic heterocycles. The lowest BCUT2D eigenvalue weighted by atomic mass is 10.2. The van der Waals surface area contributed by atoms with Crippen LogP contribution in [0.25, 0.3) is 0 Å². The molecule has 0 bridgehead atoms. The highest BCUT2D eigenvalue weighted by Crippen LogP contribution is 2.09. The zero-order valence-corrected chi connectivity index (χ0v) is 7.74. The third-order valence-corrected chi connectivity index (χ3v) is 2.41. The first-order valence-corrected chi connectivity index (χ1v) is 4.89. The van der Waals surface area contributed by atoms with Gasteiger partial charge in [-0.2, -0.15) is 0 Å². The van der Waals surface area contributed by atoms with E-state index in [0.717, 1.165) is 19.7 Å². The van der Waals surface area contributed by atoms with E-state index in [1.54, 1.807) is 12.5 Å². The minimum Gasteiger partial charge on any atom is -0.472 e. The van der Waals surface area contributed by atoms with Gasteiger partial charge < -0.3 is 14.5 Å². The number of rotatable bonds is 4. The lowest BCUT2D eigenvalue weighted by molar-refractivity contribution is -0.676. The molecule has 0 aliphatic carbocycles. The van der Waals surface area contributed by atoms with Crippen molar-refractivity contribution < 1.29 is 14.5 Å². The quantitative estimate of drug-likeness (QED) is 0.737. The second-order valence-corrected chi connectivity index (χ2v) is 3.50. The molecule has 1 aliphatic rings. The highest BCUT2D eigenvalue weighted by atomic mass is 16.5. The van der Waals surface area contributed by atoms with E-state index in [2.05, 4.69) is 5.32 Å². The molecule has 0 saturated carbocycles. The maximum Gasteiger partial charge on any atom is 0.106 e. The average molecular weight is 182 g/mol. The van der Waals surface area contributed by atoms with Gasteiger partial charge in [0.15, 0.2) is 0 Å². The van der Waals surface area contributed by atoms with Gasteiger partial charge in [0, 0.05) is 12.2 Å². The fourth-order valence-electron chi connectivity index (χ4n) is 1.67. The van der Waals surface area contributed by atoms with Gasteiger partial charge >= 0.3 is 0 Å². The first-order valence-electron chi connectivity index (χ1n) is 4.89. The van der Waals surface area contributed by atoms with E-state index in [9.17, 15) is 0 Å². The molecule has 13 heavy (non-hydrogen) atoms. The molecule has 72 valence electrons. The van der Waals surface area contributed by atoms with Gasteiger partial charge in [-0.05, 0) is 18.9 Å². The van der Waals surface area contributed by atoms with E-state index in [0.29, 0.717) is 6.10 Å². The largest absolute Gasteiger partial charge is 0.472 e. The van der Waals surface area contributed by atoms with Gasteiger partial charge in [0.05, 0.1) is 12.5 Å². The molecule has 1 aromatic rings. The van der Waals surface area contributed by atoms with Crippen LogP contribution in [0, 0.1) is 0 Å². The van der Waals surface area contributed by atoms with Crippen LogP contribution in [0.1, 0.15) is 18.4 Å². The SMILES string of the molecule is c1cc(C[NH2+]C[C@@H]2CCCO2)co1. The molecule has 3 heteroatoms. The fraction of sp³-hybridized carbons (Fsp3) is 0.600. The summed E-state index contributed by atoms with van der Waals surface area (Å²) in [6, 6.07) is 2.01. The van der Waals surface area contributed by atoms with Crippen molar-refractivity contribution in [2.75, 3.05) is 13.2 Å². The van der Waals surface area contributed by atoms with Crippen LogP contribution < -0.4 is 5.32 Å². The Kier molecular flexibility index (Phi) is 3.00. The molecular weight excluding hydrogens is 166 g/mol. The summed E-state index contributed by atoms with van der Waals surface area (Å²) in [6.45, 7) is 3.02. The van der Waals surface area contributed by atoms with Crippen LogP contribution in [0.5, 0.6) is 0 Å². The van der Waals surface area contributed by atoms with E-state index >= 15 is 0 Å². The summed E-state index contributed by atoms with van der Waals surface area (Å²) in [5, 5.41) is 2.28. The molecular formula is C10H16NO2+. The molecule has 1 fully saturated rings. The smallest absolute Gasteiger partial charge is 0.106 e. The molecule has 0 unspecified atom stereocenters. The molecule has 1 saturated heterocycles. The zero-order valence-electron chi connectivity index (χ0n) is 7.74. The van der Waals surface area contributed by atoms with Gasteiger partial charge in [-0.1, -0.05) is 0 Å². The molecule has 0 amide bonds. The molecule has 1 aliphatic heterocycles. The van der Waals surface area contributed by atoms with Crippen molar-refractivity contribution in [3.63, 3.8) is 0 Å². The number of ether oxygens (including phenoxy) is 1. The molecule has 0 spiro atoms. The normalized spacial score (nSPS) is 22.3. The van der Waals surface area contributed by atoms with Gasteiger partial charge in [0.1, 0.15) is 19.2 Å². The summed E-state index contributed by atoms with van der Waals surface area (Å²) in [5.41, 5.74) is 1.25. The molecule has 3 nitrogen and oxygen atoms in total. The van der Waals surface area contributed by atoms with Crippen LogP contribution in [0.3, 0.4) is 0 Å². The Labute approximate surface area is 78.1 Å². The zero-order chi connectivity index (χ0) is 8.93. The Morgan fingerprint density at radius 1 is 1.54 bits per heavy atom. The van der Waals surface area contributed by atoms with Crippen molar-refractivity contribution in [2.45, 2.75) is 25.5 Å². The van der Waals surface area contributed by atoms with E-state index in [1.807, 2.05) is 6.07 Å². The number of hydrogen-bond donors (Lipinski definition) is 1. The molecule has 2 heterocycles. The monoisotopic (exact) mass is 182 g/mol. The average Bonchev–Trinajstić information content (AvgIpc) is 2.75. The predicted octanol–water partition coefficient (Wildman–Crippen LogP) is 0.522. The van der Waals surface area contributed by atoms with Crippen molar-refractivity contribution in [2.24, 2.45) is 0 Å². The van der Waals surface area contributed by atoms with Crippen LogP contribution in [0.4, 0.5) is 0 Å². The Morgan fingerprint density at radius 3 is 3.23 bits per heavy atom. The Morgan fingerprint density at radius 2 is 2.54 bits per heavy atom. The van der Waals surface area contributed by atoms with Crippen molar-refractivity contribution in [3.8, 4) is 0 Å². The second-order valence-electron chi connectivity index (χ2n) is 3.50. The number of hydrogen-bond acceptors (Lipinski definition) is 2. The van der Waals surface area contributed by atoms with Gasteiger partial charge in [-0.15, -0.1) is 0 Å². The fourth-order valence-corrected chi connectivity index (χ4v) is 1.67. The van der Waals surface area contributed by atoms with Crippen LogP contribution in [0.2, 0.25) is 0 Å². The topological polar surface area (TPSA) is 39.0 Å². The highest BCUT2D eigenvalue weighted by molar-refractivity contribution is 5.02. The minimum atomic E-state index is 0.479. The standard InChI is InChI=1S/C10H15NO2/c1-2-10(13-4-1)7-11-6-9-3-5-12-8-9/h3,5,8,10-11H,1-2,4,6-7H2/p+1/t10-/m0/s1. The Hall–Kier alpha value is -0.800. The number of quaternary nitrogens is 1. The van der Waals surface area contributed by atoms with Gasteiger partial charge in [-0.3, -0.25) is 0 Å². The van der Waals surface area contributed by atoms with Crippen LogP contribution >= 0.6 is 0 Å².